The highest BCUT2D eigenvalue weighted by atomic mass is 16.2. The summed E-state index contributed by atoms with van der Waals surface area (Å²) in [7, 11) is 0. The predicted octanol–water partition coefficient (Wildman–Crippen LogP) is 5.02. The molecule has 2 amide bonds. The van der Waals surface area contributed by atoms with E-state index < -0.39 is 0 Å². The lowest BCUT2D eigenvalue weighted by atomic mass is 9.92. The van der Waals surface area contributed by atoms with E-state index >= 15 is 0 Å². The van der Waals surface area contributed by atoms with Crippen LogP contribution in [0.1, 0.15) is 50.9 Å². The summed E-state index contributed by atoms with van der Waals surface area (Å²) in [5.41, 5.74) is 2.38. The largest absolute Gasteiger partial charge is 0.321 e. The highest BCUT2D eigenvalue weighted by molar-refractivity contribution is 5.79. The Balaban J connectivity index is 2.17. The zero-order chi connectivity index (χ0) is 17.3. The maximum absolute atomic E-state index is 13.2. The number of carbonyl (C=O) groups is 1. The van der Waals surface area contributed by atoms with Gasteiger partial charge in [-0.05, 0) is 38.8 Å². The Hall–Kier alpha value is -2.29. The van der Waals surface area contributed by atoms with E-state index in [2.05, 4.69) is 76.2 Å². The number of nitrogens with zero attached hydrogens (tertiary/aromatic N) is 2. The Kier molecular flexibility index (Phi) is 4.61. The molecule has 2 aromatic rings. The fourth-order valence-corrected chi connectivity index (χ4v) is 3.75. The molecule has 1 aliphatic heterocycles. The number of urea groups is 1. The van der Waals surface area contributed by atoms with Crippen LogP contribution in [0.3, 0.4) is 0 Å². The minimum absolute atomic E-state index is 0.0310. The summed E-state index contributed by atoms with van der Waals surface area (Å²) in [5, 5.41) is 0. The van der Waals surface area contributed by atoms with Crippen LogP contribution in [0.5, 0.6) is 0 Å². The summed E-state index contributed by atoms with van der Waals surface area (Å²) in [5.74, 6) is 0. The molecule has 126 valence electrons. The Bertz CT molecular complexity index is 622. The van der Waals surface area contributed by atoms with Crippen LogP contribution in [0.25, 0.3) is 0 Å². The summed E-state index contributed by atoms with van der Waals surface area (Å²) < 4.78 is 0. The van der Waals surface area contributed by atoms with Gasteiger partial charge in [-0.3, -0.25) is 0 Å². The molecule has 2 atom stereocenters. The Morgan fingerprint density at radius 1 is 0.667 bits per heavy atom. The third-order valence-electron chi connectivity index (χ3n) is 4.74. The second kappa shape index (κ2) is 6.68. The van der Waals surface area contributed by atoms with Crippen LogP contribution in [0, 0.1) is 0 Å². The van der Waals surface area contributed by atoms with E-state index in [1.54, 1.807) is 0 Å². The van der Waals surface area contributed by atoms with Gasteiger partial charge in [-0.25, -0.2) is 4.79 Å². The molecule has 2 aromatic carbocycles. The van der Waals surface area contributed by atoms with E-state index in [1.807, 2.05) is 21.9 Å². The summed E-state index contributed by atoms with van der Waals surface area (Å²) in [6, 6.07) is 21.3. The van der Waals surface area contributed by atoms with Crippen LogP contribution in [0.2, 0.25) is 0 Å². The van der Waals surface area contributed by atoms with Gasteiger partial charge in [-0.2, -0.15) is 0 Å². The quantitative estimate of drug-likeness (QED) is 0.775. The lowest BCUT2D eigenvalue weighted by Gasteiger charge is -2.31. The SMILES string of the molecule is CC(C)N1C(=O)N(C(C)C)[C@H](c2ccccc2)[C@H]1c1ccccc1. The van der Waals surface area contributed by atoms with Crippen LogP contribution in [0.15, 0.2) is 60.7 Å². The van der Waals surface area contributed by atoms with E-state index in [4.69, 9.17) is 0 Å². The zero-order valence-corrected chi connectivity index (χ0v) is 14.9. The van der Waals surface area contributed by atoms with E-state index in [0.717, 1.165) is 0 Å². The van der Waals surface area contributed by atoms with Crippen molar-refractivity contribution >= 4 is 6.03 Å². The molecule has 0 N–H and O–H groups in total. The van der Waals surface area contributed by atoms with E-state index in [-0.39, 0.29) is 30.2 Å². The molecule has 0 radical (unpaired) electrons. The molecule has 0 spiro atoms. The van der Waals surface area contributed by atoms with Crippen LogP contribution in [0.4, 0.5) is 4.79 Å². The number of hydrogen-bond acceptors (Lipinski definition) is 1. The van der Waals surface area contributed by atoms with Gasteiger partial charge >= 0.3 is 6.03 Å². The molecular formula is C21H26N2O. The first-order valence-corrected chi connectivity index (χ1v) is 8.73. The molecule has 0 saturated carbocycles. The Morgan fingerprint density at radius 2 is 1.00 bits per heavy atom. The number of carbonyl (C=O) groups excluding carboxylic acids is 1. The molecule has 0 unspecified atom stereocenters. The molecule has 0 aromatic heterocycles. The summed E-state index contributed by atoms with van der Waals surface area (Å²) in [6.07, 6.45) is 0. The van der Waals surface area contributed by atoms with Gasteiger partial charge in [0, 0.05) is 12.1 Å². The van der Waals surface area contributed by atoms with Gasteiger partial charge in [0.25, 0.3) is 0 Å². The van der Waals surface area contributed by atoms with Crippen molar-refractivity contribution in [3.63, 3.8) is 0 Å². The maximum atomic E-state index is 13.2. The van der Waals surface area contributed by atoms with Crippen molar-refractivity contribution in [1.82, 2.24) is 9.80 Å². The van der Waals surface area contributed by atoms with Crippen LogP contribution in [-0.4, -0.2) is 27.9 Å². The summed E-state index contributed by atoms with van der Waals surface area (Å²) >= 11 is 0. The average molecular weight is 322 g/mol. The maximum Gasteiger partial charge on any atom is 0.321 e. The van der Waals surface area contributed by atoms with Crippen molar-refractivity contribution in [1.29, 1.82) is 0 Å². The summed E-state index contributed by atoms with van der Waals surface area (Å²) in [6.45, 7) is 8.39. The normalized spacial score (nSPS) is 21.2. The second-order valence-corrected chi connectivity index (χ2v) is 7.00. The minimum atomic E-state index is 0.0310. The highest BCUT2D eigenvalue weighted by Gasteiger charge is 2.48. The molecule has 1 fully saturated rings. The smallest absolute Gasteiger partial charge is 0.313 e. The molecule has 1 heterocycles. The number of benzene rings is 2. The molecule has 3 rings (SSSR count). The molecule has 24 heavy (non-hydrogen) atoms. The fourth-order valence-electron chi connectivity index (χ4n) is 3.75. The third kappa shape index (κ3) is 2.79. The third-order valence-corrected chi connectivity index (χ3v) is 4.74. The van der Waals surface area contributed by atoms with Crippen molar-refractivity contribution in [3.8, 4) is 0 Å². The van der Waals surface area contributed by atoms with Crippen molar-refractivity contribution in [2.45, 2.75) is 51.9 Å². The average Bonchev–Trinajstić information content (AvgIpc) is 2.90. The van der Waals surface area contributed by atoms with Gasteiger partial charge in [0.15, 0.2) is 0 Å². The number of hydrogen-bond donors (Lipinski definition) is 0. The van der Waals surface area contributed by atoms with Crippen molar-refractivity contribution < 1.29 is 4.79 Å². The lowest BCUT2D eigenvalue weighted by Crippen LogP contribution is -2.39. The molecule has 3 heteroatoms. The first kappa shape index (κ1) is 16.6. The highest BCUT2D eigenvalue weighted by Crippen LogP contribution is 2.46. The molecule has 1 saturated heterocycles. The van der Waals surface area contributed by atoms with Gasteiger partial charge in [0.1, 0.15) is 0 Å². The standard InChI is InChI=1S/C21H26N2O/c1-15(2)22-19(17-11-7-5-8-12-17)20(18-13-9-6-10-14-18)23(16(3)4)21(22)24/h5-16,19-20H,1-4H3/t19-,20-/m1/s1. The molecule has 0 bridgehead atoms. The fraction of sp³-hybridized carbons (Fsp3) is 0.381. The summed E-state index contributed by atoms with van der Waals surface area (Å²) in [4.78, 5) is 17.3. The van der Waals surface area contributed by atoms with E-state index in [1.165, 1.54) is 11.1 Å². The lowest BCUT2D eigenvalue weighted by molar-refractivity contribution is 0.166. The topological polar surface area (TPSA) is 23.6 Å². The van der Waals surface area contributed by atoms with Gasteiger partial charge in [-0.1, -0.05) is 60.7 Å². The van der Waals surface area contributed by atoms with Gasteiger partial charge < -0.3 is 9.80 Å². The monoisotopic (exact) mass is 322 g/mol. The molecule has 1 aliphatic rings. The van der Waals surface area contributed by atoms with Gasteiger partial charge in [-0.15, -0.1) is 0 Å². The first-order chi connectivity index (χ1) is 11.5. The van der Waals surface area contributed by atoms with Crippen molar-refractivity contribution in [2.75, 3.05) is 0 Å². The van der Waals surface area contributed by atoms with Gasteiger partial charge in [0.2, 0.25) is 0 Å². The Labute approximate surface area is 144 Å². The predicted molar refractivity (Wildman–Crippen MR) is 97.7 cm³/mol. The number of rotatable bonds is 4. The van der Waals surface area contributed by atoms with Crippen molar-refractivity contribution in [3.05, 3.63) is 71.8 Å². The molecule has 3 nitrogen and oxygen atoms in total. The Morgan fingerprint density at radius 3 is 1.29 bits per heavy atom. The zero-order valence-electron chi connectivity index (χ0n) is 14.9. The number of amides is 2. The van der Waals surface area contributed by atoms with E-state index in [9.17, 15) is 4.79 Å². The van der Waals surface area contributed by atoms with Crippen LogP contribution < -0.4 is 0 Å². The van der Waals surface area contributed by atoms with Crippen LogP contribution >= 0.6 is 0 Å². The van der Waals surface area contributed by atoms with Crippen molar-refractivity contribution in [2.24, 2.45) is 0 Å². The van der Waals surface area contributed by atoms with Crippen LogP contribution in [-0.2, 0) is 0 Å². The van der Waals surface area contributed by atoms with E-state index in [0.29, 0.717) is 0 Å². The second-order valence-electron chi connectivity index (χ2n) is 7.00. The molecular weight excluding hydrogens is 296 g/mol. The first-order valence-electron chi connectivity index (χ1n) is 8.73. The molecule has 0 aliphatic carbocycles. The minimum Gasteiger partial charge on any atom is -0.313 e. The van der Waals surface area contributed by atoms with Gasteiger partial charge in [0.05, 0.1) is 12.1 Å².